The van der Waals surface area contributed by atoms with E-state index in [1.807, 2.05) is 13.0 Å². The van der Waals surface area contributed by atoms with E-state index in [-0.39, 0.29) is 5.91 Å². The van der Waals surface area contributed by atoms with Crippen LogP contribution in [0.15, 0.2) is 22.7 Å². The Hall–Kier alpha value is -1.38. The molecule has 19 heavy (non-hydrogen) atoms. The van der Waals surface area contributed by atoms with Crippen molar-refractivity contribution in [2.75, 3.05) is 11.9 Å². The summed E-state index contributed by atoms with van der Waals surface area (Å²) in [4.78, 5) is 12.3. The van der Waals surface area contributed by atoms with Gasteiger partial charge in [-0.2, -0.15) is 5.26 Å². The predicted molar refractivity (Wildman–Crippen MR) is 77.7 cm³/mol. The number of benzene rings is 1. The molecule has 0 bridgehead atoms. The minimum Gasteiger partial charge on any atom is -0.323 e. The summed E-state index contributed by atoms with van der Waals surface area (Å²) in [6.45, 7) is 2.77. The largest absolute Gasteiger partial charge is 0.323 e. The Balaban J connectivity index is 2.17. The Morgan fingerprint density at radius 1 is 1.53 bits per heavy atom. The number of nitriles is 1. The Morgan fingerprint density at radius 3 is 2.95 bits per heavy atom. The van der Waals surface area contributed by atoms with Crippen molar-refractivity contribution in [3.8, 4) is 6.07 Å². The quantitative estimate of drug-likeness (QED) is 0.880. The van der Waals surface area contributed by atoms with Gasteiger partial charge >= 0.3 is 0 Å². The van der Waals surface area contributed by atoms with Crippen molar-refractivity contribution < 1.29 is 4.79 Å². The number of piperidine rings is 1. The van der Waals surface area contributed by atoms with Crippen LogP contribution >= 0.6 is 15.9 Å². The summed E-state index contributed by atoms with van der Waals surface area (Å²) >= 11 is 3.31. The Morgan fingerprint density at radius 2 is 2.32 bits per heavy atom. The van der Waals surface area contributed by atoms with Crippen LogP contribution in [0.25, 0.3) is 0 Å². The first kappa shape index (κ1) is 14.0. The molecule has 0 aliphatic carbocycles. The topological polar surface area (TPSA) is 64.9 Å². The molecule has 5 heteroatoms. The van der Waals surface area contributed by atoms with Crippen LogP contribution in [-0.4, -0.2) is 18.0 Å². The fraction of sp³-hybridized carbons (Fsp3) is 0.429. The standard InChI is InChI=1S/C14H16BrN3O/c1-14(6-2-3-7-17-14)13(19)18-12-5-4-11(15)8-10(12)9-16/h4-5,8,17H,2-3,6-7H2,1H3,(H,18,19). The first-order valence-corrected chi connectivity index (χ1v) is 7.10. The molecule has 1 amide bonds. The highest BCUT2D eigenvalue weighted by molar-refractivity contribution is 9.10. The lowest BCUT2D eigenvalue weighted by Crippen LogP contribution is -2.54. The van der Waals surface area contributed by atoms with Gasteiger partial charge in [0, 0.05) is 4.47 Å². The zero-order valence-corrected chi connectivity index (χ0v) is 12.4. The predicted octanol–water partition coefficient (Wildman–Crippen LogP) is 2.79. The summed E-state index contributed by atoms with van der Waals surface area (Å²) < 4.78 is 0.823. The van der Waals surface area contributed by atoms with Crippen LogP contribution < -0.4 is 10.6 Å². The molecule has 1 heterocycles. The maximum atomic E-state index is 12.3. The summed E-state index contributed by atoms with van der Waals surface area (Å²) in [7, 11) is 0. The summed E-state index contributed by atoms with van der Waals surface area (Å²) in [5, 5.41) is 15.2. The Labute approximate surface area is 121 Å². The van der Waals surface area contributed by atoms with Crippen LogP contribution in [0.3, 0.4) is 0 Å². The molecule has 4 nitrogen and oxygen atoms in total. The van der Waals surface area contributed by atoms with Gasteiger partial charge in [-0.1, -0.05) is 15.9 Å². The monoisotopic (exact) mass is 321 g/mol. The third kappa shape index (κ3) is 3.14. The van der Waals surface area contributed by atoms with Crippen molar-refractivity contribution in [2.24, 2.45) is 0 Å². The molecule has 1 atom stereocenters. The van der Waals surface area contributed by atoms with Gasteiger partial charge in [0.1, 0.15) is 6.07 Å². The van der Waals surface area contributed by atoms with Crippen molar-refractivity contribution >= 4 is 27.5 Å². The number of anilines is 1. The van der Waals surface area contributed by atoms with Crippen LogP contribution in [0, 0.1) is 11.3 Å². The normalized spacial score (nSPS) is 22.6. The maximum absolute atomic E-state index is 12.3. The van der Waals surface area contributed by atoms with E-state index in [1.54, 1.807) is 12.1 Å². The molecule has 1 fully saturated rings. The summed E-state index contributed by atoms with van der Waals surface area (Å²) in [6, 6.07) is 7.35. The maximum Gasteiger partial charge on any atom is 0.244 e. The van der Waals surface area contributed by atoms with Gasteiger partial charge in [-0.15, -0.1) is 0 Å². The number of halogens is 1. The molecule has 1 aliphatic rings. The third-order valence-corrected chi connectivity index (χ3v) is 3.96. The number of hydrogen-bond donors (Lipinski definition) is 2. The minimum atomic E-state index is -0.544. The zero-order chi connectivity index (χ0) is 13.9. The Kier molecular flexibility index (Phi) is 4.23. The van der Waals surface area contributed by atoms with Crippen LogP contribution in [0.5, 0.6) is 0 Å². The number of hydrogen-bond acceptors (Lipinski definition) is 3. The number of carbonyl (C=O) groups is 1. The molecule has 0 radical (unpaired) electrons. The van der Waals surface area contributed by atoms with Crippen molar-refractivity contribution in [2.45, 2.75) is 31.7 Å². The molecular weight excluding hydrogens is 306 g/mol. The van der Waals surface area contributed by atoms with Gasteiger partial charge in [-0.25, -0.2) is 0 Å². The van der Waals surface area contributed by atoms with Crippen LogP contribution in [0.4, 0.5) is 5.69 Å². The van der Waals surface area contributed by atoms with E-state index >= 15 is 0 Å². The molecule has 100 valence electrons. The molecule has 1 saturated heterocycles. The lowest BCUT2D eigenvalue weighted by molar-refractivity contribution is -0.122. The summed E-state index contributed by atoms with van der Waals surface area (Å²) in [6.07, 6.45) is 2.96. The molecule has 1 aliphatic heterocycles. The van der Waals surface area contributed by atoms with Gasteiger partial charge < -0.3 is 10.6 Å². The average molecular weight is 322 g/mol. The second-order valence-electron chi connectivity index (χ2n) is 4.97. The number of nitrogens with one attached hydrogen (secondary N) is 2. The van der Waals surface area contributed by atoms with E-state index in [0.29, 0.717) is 11.3 Å². The van der Waals surface area contributed by atoms with E-state index in [2.05, 4.69) is 32.6 Å². The van der Waals surface area contributed by atoms with E-state index in [9.17, 15) is 4.79 Å². The van der Waals surface area contributed by atoms with E-state index in [0.717, 1.165) is 30.3 Å². The zero-order valence-electron chi connectivity index (χ0n) is 10.8. The molecule has 0 saturated carbocycles. The van der Waals surface area contributed by atoms with E-state index in [1.165, 1.54) is 0 Å². The fourth-order valence-corrected chi connectivity index (χ4v) is 2.59. The van der Waals surface area contributed by atoms with Gasteiger partial charge in [0.05, 0.1) is 16.8 Å². The highest BCUT2D eigenvalue weighted by Gasteiger charge is 2.34. The van der Waals surface area contributed by atoms with E-state index < -0.39 is 5.54 Å². The molecule has 2 N–H and O–H groups in total. The lowest BCUT2D eigenvalue weighted by Gasteiger charge is -2.33. The van der Waals surface area contributed by atoms with Crippen molar-refractivity contribution in [1.82, 2.24) is 5.32 Å². The highest BCUT2D eigenvalue weighted by atomic mass is 79.9. The Bertz CT molecular complexity index is 530. The van der Waals surface area contributed by atoms with Gasteiger partial charge in [-0.05, 0) is 50.9 Å². The van der Waals surface area contributed by atoms with Crippen LogP contribution in [-0.2, 0) is 4.79 Å². The number of nitrogens with zero attached hydrogens (tertiary/aromatic N) is 1. The van der Waals surface area contributed by atoms with Gasteiger partial charge in [0.2, 0.25) is 5.91 Å². The molecule has 1 aromatic carbocycles. The van der Waals surface area contributed by atoms with Crippen LogP contribution in [0.2, 0.25) is 0 Å². The van der Waals surface area contributed by atoms with Gasteiger partial charge in [0.15, 0.2) is 0 Å². The minimum absolute atomic E-state index is 0.0778. The smallest absolute Gasteiger partial charge is 0.244 e. The van der Waals surface area contributed by atoms with Gasteiger partial charge in [-0.3, -0.25) is 4.79 Å². The number of rotatable bonds is 2. The second kappa shape index (κ2) is 5.72. The average Bonchev–Trinajstić information content (AvgIpc) is 2.41. The molecular formula is C14H16BrN3O. The van der Waals surface area contributed by atoms with Gasteiger partial charge in [0.25, 0.3) is 0 Å². The number of carbonyl (C=O) groups excluding carboxylic acids is 1. The van der Waals surface area contributed by atoms with Crippen molar-refractivity contribution in [1.29, 1.82) is 5.26 Å². The summed E-state index contributed by atoms with van der Waals surface area (Å²) in [5.74, 6) is -0.0778. The third-order valence-electron chi connectivity index (χ3n) is 3.47. The van der Waals surface area contributed by atoms with Crippen molar-refractivity contribution in [3.05, 3.63) is 28.2 Å². The first-order chi connectivity index (χ1) is 9.05. The highest BCUT2D eigenvalue weighted by Crippen LogP contribution is 2.24. The van der Waals surface area contributed by atoms with Crippen molar-refractivity contribution in [3.63, 3.8) is 0 Å². The first-order valence-electron chi connectivity index (χ1n) is 6.31. The molecule has 2 rings (SSSR count). The lowest BCUT2D eigenvalue weighted by atomic mass is 9.90. The molecule has 1 unspecified atom stereocenters. The SMILES string of the molecule is CC1(C(=O)Nc2ccc(Br)cc2C#N)CCCCN1. The summed E-state index contributed by atoms with van der Waals surface area (Å²) in [5.41, 5.74) is 0.476. The molecule has 0 aromatic heterocycles. The van der Waals surface area contributed by atoms with E-state index in [4.69, 9.17) is 5.26 Å². The second-order valence-corrected chi connectivity index (χ2v) is 5.89. The van der Waals surface area contributed by atoms with Crippen LogP contribution in [0.1, 0.15) is 31.7 Å². The molecule has 1 aromatic rings. The molecule has 0 spiro atoms. The fourth-order valence-electron chi connectivity index (χ4n) is 2.23. The number of amides is 1.